The lowest BCUT2D eigenvalue weighted by atomic mass is 10.2. The van der Waals surface area contributed by atoms with Crippen LogP contribution < -0.4 is 11.1 Å². The first-order valence-corrected chi connectivity index (χ1v) is 6.31. The summed E-state index contributed by atoms with van der Waals surface area (Å²) in [5.74, 6) is -0.235. The molecule has 1 aliphatic heterocycles. The third-order valence-electron chi connectivity index (χ3n) is 3.38. The van der Waals surface area contributed by atoms with E-state index in [4.69, 9.17) is 5.73 Å². The molecule has 8 nitrogen and oxygen atoms in total. The highest BCUT2D eigenvalue weighted by Crippen LogP contribution is 2.19. The molecule has 1 fully saturated rings. The molecule has 0 unspecified atom stereocenters. The monoisotopic (exact) mass is 274 g/mol. The number of hydrogen-bond acceptors (Lipinski definition) is 4. The predicted molar refractivity (Wildman–Crippen MR) is 70.9 cm³/mol. The number of amides is 3. The first-order valence-electron chi connectivity index (χ1n) is 6.31. The van der Waals surface area contributed by atoms with Crippen LogP contribution in [-0.4, -0.2) is 44.0 Å². The zero-order valence-electron chi connectivity index (χ0n) is 10.7. The number of hydrogen-bond donors (Lipinski definition) is 2. The van der Waals surface area contributed by atoms with Gasteiger partial charge in [0.05, 0.1) is 11.9 Å². The first kappa shape index (κ1) is 12.4. The van der Waals surface area contributed by atoms with Crippen LogP contribution in [0.25, 0.3) is 5.65 Å². The predicted octanol–water partition coefficient (Wildman–Crippen LogP) is 0.211. The van der Waals surface area contributed by atoms with Gasteiger partial charge in [0.1, 0.15) is 12.4 Å². The molecule has 104 valence electrons. The summed E-state index contributed by atoms with van der Waals surface area (Å²) in [5.41, 5.74) is 6.56. The number of nitrogens with zero attached hydrogens (tertiary/aromatic N) is 4. The van der Waals surface area contributed by atoms with E-state index in [1.807, 2.05) is 0 Å². The summed E-state index contributed by atoms with van der Waals surface area (Å²) in [4.78, 5) is 28.9. The highest BCUT2D eigenvalue weighted by Gasteiger charge is 2.32. The molecule has 1 atom stereocenters. The van der Waals surface area contributed by atoms with Crippen molar-refractivity contribution in [1.82, 2.24) is 19.5 Å². The van der Waals surface area contributed by atoms with Crippen molar-refractivity contribution in [2.45, 2.75) is 18.9 Å². The number of likely N-dealkylation sites (tertiary alicyclic amines) is 1. The van der Waals surface area contributed by atoms with Gasteiger partial charge in [-0.25, -0.2) is 14.3 Å². The van der Waals surface area contributed by atoms with Gasteiger partial charge in [0.25, 0.3) is 0 Å². The van der Waals surface area contributed by atoms with Gasteiger partial charge in [0.2, 0.25) is 5.91 Å². The molecular weight excluding hydrogens is 260 g/mol. The van der Waals surface area contributed by atoms with Crippen molar-refractivity contribution in [3.8, 4) is 0 Å². The molecule has 2 aromatic heterocycles. The topological polar surface area (TPSA) is 106 Å². The summed E-state index contributed by atoms with van der Waals surface area (Å²) in [7, 11) is 0. The molecule has 20 heavy (non-hydrogen) atoms. The quantitative estimate of drug-likeness (QED) is 0.816. The highest BCUT2D eigenvalue weighted by atomic mass is 16.2. The first-order chi connectivity index (χ1) is 9.65. The van der Waals surface area contributed by atoms with Crippen LogP contribution in [0.3, 0.4) is 0 Å². The summed E-state index contributed by atoms with van der Waals surface area (Å²) >= 11 is 0. The number of carbonyl (C=O) groups excluding carboxylic acids is 2. The van der Waals surface area contributed by atoms with Crippen molar-refractivity contribution in [3.63, 3.8) is 0 Å². The number of primary amides is 1. The van der Waals surface area contributed by atoms with Crippen LogP contribution in [0, 0.1) is 0 Å². The van der Waals surface area contributed by atoms with Gasteiger partial charge in [-0.05, 0) is 25.0 Å². The lowest BCUT2D eigenvalue weighted by Crippen LogP contribution is -2.45. The van der Waals surface area contributed by atoms with E-state index in [1.165, 1.54) is 11.2 Å². The van der Waals surface area contributed by atoms with Crippen LogP contribution >= 0.6 is 0 Å². The third kappa shape index (κ3) is 2.15. The Morgan fingerprint density at radius 2 is 2.25 bits per heavy atom. The van der Waals surface area contributed by atoms with Crippen molar-refractivity contribution in [1.29, 1.82) is 0 Å². The fourth-order valence-electron chi connectivity index (χ4n) is 2.42. The Kier molecular flexibility index (Phi) is 2.97. The molecule has 3 heterocycles. The maximum absolute atomic E-state index is 12.2. The standard InChI is InChI=1S/C12H14N6O2/c13-12(20)17-5-1-2-9(17)11(19)16-8-3-4-10-14-7-15-18(10)6-8/h3-4,6-7,9H,1-2,5H2,(H2,13,20)(H,16,19)/t9-/m0/s1. The van der Waals surface area contributed by atoms with Gasteiger partial charge >= 0.3 is 6.03 Å². The molecule has 0 bridgehead atoms. The summed E-state index contributed by atoms with van der Waals surface area (Å²) in [6.45, 7) is 0.523. The van der Waals surface area contributed by atoms with E-state index in [0.29, 0.717) is 24.3 Å². The summed E-state index contributed by atoms with van der Waals surface area (Å²) in [6, 6.07) is 2.43. The van der Waals surface area contributed by atoms with Gasteiger partial charge < -0.3 is 16.0 Å². The van der Waals surface area contributed by atoms with Crippen molar-refractivity contribution >= 4 is 23.3 Å². The molecule has 3 N–H and O–H groups in total. The number of anilines is 1. The van der Waals surface area contributed by atoms with Crippen LogP contribution in [0.1, 0.15) is 12.8 Å². The minimum absolute atomic E-state index is 0.235. The van der Waals surface area contributed by atoms with E-state index in [2.05, 4.69) is 15.4 Å². The summed E-state index contributed by atoms with van der Waals surface area (Å²) in [5, 5.41) is 6.77. The number of rotatable bonds is 2. The van der Waals surface area contributed by atoms with E-state index in [-0.39, 0.29) is 5.91 Å². The number of urea groups is 1. The fraction of sp³-hybridized carbons (Fsp3) is 0.333. The Hall–Kier alpha value is -2.64. The Labute approximate surface area is 114 Å². The second-order valence-electron chi connectivity index (χ2n) is 4.66. The molecule has 1 saturated heterocycles. The average molecular weight is 274 g/mol. The van der Waals surface area contributed by atoms with Crippen LogP contribution in [0.2, 0.25) is 0 Å². The Bertz CT molecular complexity index is 667. The Morgan fingerprint density at radius 3 is 3.05 bits per heavy atom. The number of nitrogens with two attached hydrogens (primary N) is 1. The second-order valence-corrected chi connectivity index (χ2v) is 4.66. The van der Waals surface area contributed by atoms with Crippen molar-refractivity contribution < 1.29 is 9.59 Å². The molecule has 8 heteroatoms. The molecule has 0 spiro atoms. The molecular formula is C12H14N6O2. The van der Waals surface area contributed by atoms with E-state index in [1.54, 1.807) is 22.8 Å². The Balaban J connectivity index is 1.76. The maximum atomic E-state index is 12.2. The molecule has 2 aromatic rings. The molecule has 3 amide bonds. The smallest absolute Gasteiger partial charge is 0.315 e. The molecule has 0 aliphatic carbocycles. The maximum Gasteiger partial charge on any atom is 0.315 e. The van der Waals surface area contributed by atoms with E-state index < -0.39 is 12.1 Å². The van der Waals surface area contributed by atoms with Crippen LogP contribution in [0.5, 0.6) is 0 Å². The minimum Gasteiger partial charge on any atom is -0.351 e. The number of aromatic nitrogens is 3. The molecule has 0 aromatic carbocycles. The van der Waals surface area contributed by atoms with E-state index in [9.17, 15) is 9.59 Å². The average Bonchev–Trinajstić information content (AvgIpc) is 3.06. The number of pyridine rings is 1. The third-order valence-corrected chi connectivity index (χ3v) is 3.38. The van der Waals surface area contributed by atoms with Crippen LogP contribution in [-0.2, 0) is 4.79 Å². The SMILES string of the molecule is NC(=O)N1CCC[C@H]1C(=O)Nc1ccc2ncnn2c1. The van der Waals surface area contributed by atoms with Crippen LogP contribution in [0.4, 0.5) is 10.5 Å². The molecule has 1 aliphatic rings. The van der Waals surface area contributed by atoms with Gasteiger partial charge in [0.15, 0.2) is 5.65 Å². The normalized spacial score (nSPS) is 18.4. The van der Waals surface area contributed by atoms with Gasteiger partial charge in [-0.1, -0.05) is 0 Å². The minimum atomic E-state index is -0.561. The number of carbonyl (C=O) groups is 2. The van der Waals surface area contributed by atoms with Crippen LogP contribution in [0.15, 0.2) is 24.7 Å². The zero-order valence-corrected chi connectivity index (χ0v) is 10.7. The molecule has 0 saturated carbocycles. The lowest BCUT2D eigenvalue weighted by molar-refractivity contribution is -0.119. The van der Waals surface area contributed by atoms with Crippen molar-refractivity contribution in [2.24, 2.45) is 5.73 Å². The number of fused-ring (bicyclic) bond motifs is 1. The van der Waals surface area contributed by atoms with Gasteiger partial charge in [0, 0.05) is 6.54 Å². The van der Waals surface area contributed by atoms with Crippen molar-refractivity contribution in [2.75, 3.05) is 11.9 Å². The van der Waals surface area contributed by atoms with Gasteiger partial charge in [-0.2, -0.15) is 5.10 Å². The molecule has 0 radical (unpaired) electrons. The molecule has 3 rings (SSSR count). The zero-order chi connectivity index (χ0) is 14.1. The fourth-order valence-corrected chi connectivity index (χ4v) is 2.42. The largest absolute Gasteiger partial charge is 0.351 e. The van der Waals surface area contributed by atoms with Gasteiger partial charge in [-0.3, -0.25) is 4.79 Å². The Morgan fingerprint density at radius 1 is 1.40 bits per heavy atom. The van der Waals surface area contributed by atoms with Crippen molar-refractivity contribution in [3.05, 3.63) is 24.7 Å². The summed E-state index contributed by atoms with van der Waals surface area (Å²) < 4.78 is 1.57. The van der Waals surface area contributed by atoms with E-state index >= 15 is 0 Å². The van der Waals surface area contributed by atoms with E-state index in [0.717, 1.165) is 6.42 Å². The van der Waals surface area contributed by atoms with Gasteiger partial charge in [-0.15, -0.1) is 0 Å². The lowest BCUT2D eigenvalue weighted by Gasteiger charge is -2.21. The summed E-state index contributed by atoms with van der Waals surface area (Å²) in [6.07, 6.45) is 4.51. The second kappa shape index (κ2) is 4.80. The highest BCUT2D eigenvalue weighted by molar-refractivity contribution is 5.97. The number of nitrogens with one attached hydrogen (secondary N) is 1.